The van der Waals surface area contributed by atoms with Crippen LogP contribution in [-0.4, -0.2) is 17.3 Å². The summed E-state index contributed by atoms with van der Waals surface area (Å²) >= 11 is 0. The Morgan fingerprint density at radius 3 is 1.06 bits per heavy atom. The van der Waals surface area contributed by atoms with Crippen LogP contribution >= 0.6 is 0 Å². The summed E-state index contributed by atoms with van der Waals surface area (Å²) in [5, 5.41) is 0. The summed E-state index contributed by atoms with van der Waals surface area (Å²) in [5.74, 6) is -2.24. The standard InChI is InChI=1S/C27H16F2O3/c28-23-10-6-18(7-11-23)26(31)21-14-20(25(30)17-4-2-1-3-5-17)15-22(16-21)27(32)19-8-12-24(29)13-9-19/h1-16H. The van der Waals surface area contributed by atoms with Crippen LogP contribution in [0.4, 0.5) is 8.78 Å². The van der Waals surface area contributed by atoms with Gasteiger partial charge in [0.15, 0.2) is 17.3 Å². The van der Waals surface area contributed by atoms with Crippen molar-refractivity contribution in [1.29, 1.82) is 0 Å². The molecule has 0 heterocycles. The minimum absolute atomic E-state index is 0.115. The van der Waals surface area contributed by atoms with Gasteiger partial charge in [0.2, 0.25) is 0 Å². The van der Waals surface area contributed by atoms with Crippen molar-refractivity contribution in [3.8, 4) is 0 Å². The first kappa shape index (κ1) is 21.0. The zero-order valence-corrected chi connectivity index (χ0v) is 16.7. The molecule has 4 aromatic rings. The highest BCUT2D eigenvalue weighted by atomic mass is 19.1. The largest absolute Gasteiger partial charge is 0.289 e. The molecule has 0 spiro atoms. The predicted octanol–water partition coefficient (Wildman–Crippen LogP) is 5.66. The van der Waals surface area contributed by atoms with Crippen molar-refractivity contribution in [2.75, 3.05) is 0 Å². The lowest BCUT2D eigenvalue weighted by Gasteiger charge is -2.09. The Bertz CT molecular complexity index is 1230. The number of ketones is 3. The molecule has 0 aliphatic carbocycles. The van der Waals surface area contributed by atoms with Gasteiger partial charge in [0, 0.05) is 33.4 Å². The Labute approximate surface area is 183 Å². The number of carbonyl (C=O) groups is 3. The molecule has 0 unspecified atom stereocenters. The topological polar surface area (TPSA) is 51.2 Å². The van der Waals surface area contributed by atoms with Gasteiger partial charge < -0.3 is 0 Å². The molecule has 0 aliphatic heterocycles. The third kappa shape index (κ3) is 4.42. The summed E-state index contributed by atoms with van der Waals surface area (Å²) in [6.45, 7) is 0. The highest BCUT2D eigenvalue weighted by Gasteiger charge is 2.19. The Kier molecular flexibility index (Phi) is 5.81. The average molecular weight is 426 g/mol. The predicted molar refractivity (Wildman–Crippen MR) is 116 cm³/mol. The van der Waals surface area contributed by atoms with E-state index in [1.165, 1.54) is 42.5 Å². The van der Waals surface area contributed by atoms with E-state index in [-0.39, 0.29) is 33.6 Å². The fourth-order valence-corrected chi connectivity index (χ4v) is 3.31. The maximum Gasteiger partial charge on any atom is 0.193 e. The van der Waals surface area contributed by atoms with E-state index in [4.69, 9.17) is 0 Å². The van der Waals surface area contributed by atoms with E-state index in [1.807, 2.05) is 0 Å². The molecule has 5 heteroatoms. The summed E-state index contributed by atoms with van der Waals surface area (Å²) in [5.41, 5.74) is 1.23. The molecule has 4 rings (SSSR count). The molecule has 156 valence electrons. The third-order valence-electron chi connectivity index (χ3n) is 4.97. The van der Waals surface area contributed by atoms with Crippen LogP contribution in [0.25, 0.3) is 0 Å². The lowest BCUT2D eigenvalue weighted by Crippen LogP contribution is -2.10. The van der Waals surface area contributed by atoms with Crippen molar-refractivity contribution >= 4 is 17.3 Å². The van der Waals surface area contributed by atoms with Gasteiger partial charge in [-0.2, -0.15) is 0 Å². The molecule has 0 aromatic heterocycles. The number of benzene rings is 4. The molecule has 0 N–H and O–H groups in total. The van der Waals surface area contributed by atoms with Gasteiger partial charge >= 0.3 is 0 Å². The van der Waals surface area contributed by atoms with Crippen molar-refractivity contribution < 1.29 is 23.2 Å². The van der Waals surface area contributed by atoms with Crippen LogP contribution in [0.5, 0.6) is 0 Å². The van der Waals surface area contributed by atoms with Crippen LogP contribution in [0.1, 0.15) is 47.8 Å². The van der Waals surface area contributed by atoms with Gasteiger partial charge in [-0.1, -0.05) is 30.3 Å². The van der Waals surface area contributed by atoms with Crippen molar-refractivity contribution in [3.05, 3.63) is 142 Å². The molecule has 0 atom stereocenters. The number of rotatable bonds is 6. The van der Waals surface area contributed by atoms with Crippen LogP contribution in [0, 0.1) is 11.6 Å². The summed E-state index contributed by atoms with van der Waals surface area (Å²) in [7, 11) is 0. The minimum atomic E-state index is -0.485. The second-order valence-corrected chi connectivity index (χ2v) is 7.17. The maximum atomic E-state index is 13.3. The van der Waals surface area contributed by atoms with Crippen LogP contribution in [-0.2, 0) is 0 Å². The molecule has 3 nitrogen and oxygen atoms in total. The lowest BCUT2D eigenvalue weighted by atomic mass is 9.92. The normalized spacial score (nSPS) is 10.6. The monoisotopic (exact) mass is 426 g/mol. The lowest BCUT2D eigenvalue weighted by molar-refractivity contribution is 0.103. The van der Waals surface area contributed by atoms with Gasteiger partial charge in [0.25, 0.3) is 0 Å². The summed E-state index contributed by atoms with van der Waals surface area (Å²) in [6.07, 6.45) is 0. The zero-order valence-electron chi connectivity index (χ0n) is 16.7. The van der Waals surface area contributed by atoms with Gasteiger partial charge in [-0.15, -0.1) is 0 Å². The molecule has 0 bridgehead atoms. The van der Waals surface area contributed by atoms with E-state index in [1.54, 1.807) is 30.3 Å². The molecule has 0 saturated carbocycles. The highest BCUT2D eigenvalue weighted by Crippen LogP contribution is 2.21. The van der Waals surface area contributed by atoms with Crippen LogP contribution in [0.3, 0.4) is 0 Å². The van der Waals surface area contributed by atoms with E-state index in [2.05, 4.69) is 0 Å². The first-order chi connectivity index (χ1) is 15.4. The van der Waals surface area contributed by atoms with Crippen molar-refractivity contribution in [3.63, 3.8) is 0 Å². The SMILES string of the molecule is O=C(c1ccccc1)c1cc(C(=O)c2ccc(F)cc2)cc(C(=O)c2ccc(F)cc2)c1. The minimum Gasteiger partial charge on any atom is -0.289 e. The first-order valence-electron chi connectivity index (χ1n) is 9.78. The van der Waals surface area contributed by atoms with Crippen molar-refractivity contribution in [1.82, 2.24) is 0 Å². The quantitative estimate of drug-likeness (QED) is 0.374. The van der Waals surface area contributed by atoms with E-state index in [0.717, 1.165) is 24.3 Å². The molecular formula is C27H16F2O3. The fourth-order valence-electron chi connectivity index (χ4n) is 3.31. The molecule has 0 saturated heterocycles. The van der Waals surface area contributed by atoms with E-state index >= 15 is 0 Å². The van der Waals surface area contributed by atoms with E-state index < -0.39 is 23.2 Å². The van der Waals surface area contributed by atoms with Crippen LogP contribution in [0.2, 0.25) is 0 Å². The first-order valence-corrected chi connectivity index (χ1v) is 9.78. The summed E-state index contributed by atoms with van der Waals surface area (Å²) < 4.78 is 26.5. The average Bonchev–Trinajstić information content (AvgIpc) is 2.84. The fraction of sp³-hybridized carbons (Fsp3) is 0. The summed E-state index contributed by atoms with van der Waals surface area (Å²) in [6, 6.07) is 22.7. The molecule has 32 heavy (non-hydrogen) atoms. The second-order valence-electron chi connectivity index (χ2n) is 7.17. The zero-order chi connectivity index (χ0) is 22.7. The Morgan fingerprint density at radius 1 is 0.406 bits per heavy atom. The molecule has 4 aromatic carbocycles. The molecule has 0 fully saturated rings. The number of hydrogen-bond donors (Lipinski definition) is 0. The molecule has 0 radical (unpaired) electrons. The maximum absolute atomic E-state index is 13.3. The van der Waals surface area contributed by atoms with Gasteiger partial charge in [-0.3, -0.25) is 14.4 Å². The molecular weight excluding hydrogens is 410 g/mol. The van der Waals surface area contributed by atoms with Gasteiger partial charge in [0.1, 0.15) is 11.6 Å². The molecule has 0 amide bonds. The number of carbonyl (C=O) groups excluding carboxylic acids is 3. The molecule has 0 aliphatic rings. The Morgan fingerprint density at radius 2 is 0.719 bits per heavy atom. The number of halogens is 2. The smallest absolute Gasteiger partial charge is 0.193 e. The Balaban J connectivity index is 1.81. The summed E-state index contributed by atoms with van der Waals surface area (Å²) in [4.78, 5) is 39.1. The van der Waals surface area contributed by atoms with E-state index in [9.17, 15) is 23.2 Å². The highest BCUT2D eigenvalue weighted by molar-refractivity contribution is 6.17. The van der Waals surface area contributed by atoms with Crippen molar-refractivity contribution in [2.24, 2.45) is 0 Å². The van der Waals surface area contributed by atoms with Crippen molar-refractivity contribution in [2.45, 2.75) is 0 Å². The number of hydrogen-bond acceptors (Lipinski definition) is 3. The van der Waals surface area contributed by atoms with Crippen LogP contribution in [0.15, 0.2) is 97.1 Å². The Hall–Kier alpha value is -4.25. The third-order valence-corrected chi connectivity index (χ3v) is 4.97. The van der Waals surface area contributed by atoms with Gasteiger partial charge in [-0.05, 0) is 66.7 Å². The van der Waals surface area contributed by atoms with E-state index in [0.29, 0.717) is 5.56 Å². The van der Waals surface area contributed by atoms with Gasteiger partial charge in [-0.25, -0.2) is 8.78 Å². The van der Waals surface area contributed by atoms with Gasteiger partial charge in [0.05, 0.1) is 0 Å². The van der Waals surface area contributed by atoms with Crippen LogP contribution < -0.4 is 0 Å². The second kappa shape index (κ2) is 8.86.